The van der Waals surface area contributed by atoms with Crippen LogP contribution in [0.15, 0.2) is 0 Å². The standard InChI is InChI=1S/C14H29N3/c1-14(8-4-7-13(14)15)11-17-9-5-6-12(17)10-16(2)3/h12-13H,4-11,15H2,1-3H3. The summed E-state index contributed by atoms with van der Waals surface area (Å²) < 4.78 is 0. The molecule has 1 heterocycles. The molecule has 0 radical (unpaired) electrons. The Labute approximate surface area is 106 Å². The van der Waals surface area contributed by atoms with Crippen molar-refractivity contribution in [2.45, 2.75) is 51.1 Å². The van der Waals surface area contributed by atoms with Crippen molar-refractivity contribution in [2.75, 3.05) is 33.7 Å². The SMILES string of the molecule is CN(C)CC1CCCN1CC1(C)CCCC1N. The Morgan fingerprint density at radius 3 is 2.65 bits per heavy atom. The average Bonchev–Trinajstić information content (AvgIpc) is 2.76. The maximum atomic E-state index is 6.30. The zero-order valence-electron chi connectivity index (χ0n) is 11.8. The average molecular weight is 239 g/mol. The summed E-state index contributed by atoms with van der Waals surface area (Å²) >= 11 is 0. The monoisotopic (exact) mass is 239 g/mol. The Bertz CT molecular complexity index is 254. The summed E-state index contributed by atoms with van der Waals surface area (Å²) in [5.41, 5.74) is 6.67. The molecule has 1 aliphatic heterocycles. The molecule has 0 aromatic heterocycles. The zero-order chi connectivity index (χ0) is 12.5. The number of hydrogen-bond donors (Lipinski definition) is 1. The molecule has 2 aliphatic rings. The van der Waals surface area contributed by atoms with Gasteiger partial charge in [-0.2, -0.15) is 0 Å². The Balaban J connectivity index is 1.93. The van der Waals surface area contributed by atoms with Gasteiger partial charge in [-0.15, -0.1) is 0 Å². The Hall–Kier alpha value is -0.120. The van der Waals surface area contributed by atoms with E-state index in [-0.39, 0.29) is 0 Å². The summed E-state index contributed by atoms with van der Waals surface area (Å²) in [6, 6.07) is 1.18. The van der Waals surface area contributed by atoms with E-state index in [1.807, 2.05) is 0 Å². The minimum Gasteiger partial charge on any atom is -0.327 e. The Kier molecular flexibility index (Phi) is 4.11. The molecule has 1 aliphatic carbocycles. The lowest BCUT2D eigenvalue weighted by Crippen LogP contribution is -2.47. The van der Waals surface area contributed by atoms with Gasteiger partial charge in [0.25, 0.3) is 0 Å². The fraction of sp³-hybridized carbons (Fsp3) is 1.00. The van der Waals surface area contributed by atoms with E-state index >= 15 is 0 Å². The largest absolute Gasteiger partial charge is 0.327 e. The van der Waals surface area contributed by atoms with E-state index in [1.54, 1.807) is 0 Å². The third-order valence-corrected chi connectivity index (χ3v) is 4.80. The van der Waals surface area contributed by atoms with Gasteiger partial charge in [-0.1, -0.05) is 13.3 Å². The smallest absolute Gasteiger partial charge is 0.0223 e. The molecular weight excluding hydrogens is 210 g/mol. The first-order chi connectivity index (χ1) is 8.01. The maximum Gasteiger partial charge on any atom is 0.0223 e. The van der Waals surface area contributed by atoms with Gasteiger partial charge in [0.1, 0.15) is 0 Å². The van der Waals surface area contributed by atoms with E-state index in [2.05, 4.69) is 30.8 Å². The second-order valence-corrected chi connectivity index (χ2v) is 6.68. The van der Waals surface area contributed by atoms with Gasteiger partial charge >= 0.3 is 0 Å². The molecule has 0 spiro atoms. The van der Waals surface area contributed by atoms with Gasteiger partial charge in [-0.3, -0.25) is 4.90 Å². The van der Waals surface area contributed by atoms with E-state index in [4.69, 9.17) is 5.73 Å². The lowest BCUT2D eigenvalue weighted by molar-refractivity contribution is 0.126. The van der Waals surface area contributed by atoms with Gasteiger partial charge in [-0.25, -0.2) is 0 Å². The number of nitrogens with zero attached hydrogens (tertiary/aromatic N) is 2. The van der Waals surface area contributed by atoms with Gasteiger partial charge < -0.3 is 10.6 Å². The van der Waals surface area contributed by atoms with Gasteiger partial charge in [-0.05, 0) is 51.7 Å². The molecule has 100 valence electrons. The number of hydrogen-bond acceptors (Lipinski definition) is 3. The van der Waals surface area contributed by atoms with Gasteiger partial charge in [0.2, 0.25) is 0 Å². The summed E-state index contributed by atoms with van der Waals surface area (Å²) in [6.07, 6.45) is 6.60. The van der Waals surface area contributed by atoms with E-state index in [9.17, 15) is 0 Å². The van der Waals surface area contributed by atoms with E-state index in [1.165, 1.54) is 51.7 Å². The van der Waals surface area contributed by atoms with Crippen LogP contribution in [0.5, 0.6) is 0 Å². The topological polar surface area (TPSA) is 32.5 Å². The minimum atomic E-state index is 0.370. The van der Waals surface area contributed by atoms with Gasteiger partial charge in [0.15, 0.2) is 0 Å². The molecule has 0 amide bonds. The molecule has 3 nitrogen and oxygen atoms in total. The van der Waals surface area contributed by atoms with E-state index < -0.39 is 0 Å². The predicted octanol–water partition coefficient (Wildman–Crippen LogP) is 1.53. The lowest BCUT2D eigenvalue weighted by Gasteiger charge is -2.37. The normalized spacial score (nSPS) is 39.4. The Morgan fingerprint density at radius 2 is 2.06 bits per heavy atom. The van der Waals surface area contributed by atoms with Crippen molar-refractivity contribution in [1.29, 1.82) is 0 Å². The van der Waals surface area contributed by atoms with Crippen LogP contribution in [-0.2, 0) is 0 Å². The molecule has 1 saturated carbocycles. The van der Waals surface area contributed by atoms with Crippen molar-refractivity contribution in [3.05, 3.63) is 0 Å². The van der Waals surface area contributed by atoms with Crippen LogP contribution in [0, 0.1) is 5.41 Å². The summed E-state index contributed by atoms with van der Waals surface area (Å²) in [4.78, 5) is 5.02. The first-order valence-corrected chi connectivity index (χ1v) is 7.16. The van der Waals surface area contributed by atoms with Crippen LogP contribution in [0.1, 0.15) is 39.0 Å². The lowest BCUT2D eigenvalue weighted by atomic mass is 9.84. The number of likely N-dealkylation sites (tertiary alicyclic amines) is 1. The molecular formula is C14H29N3. The highest BCUT2D eigenvalue weighted by Crippen LogP contribution is 2.38. The third kappa shape index (κ3) is 3.01. The first kappa shape index (κ1) is 13.3. The van der Waals surface area contributed by atoms with Crippen LogP contribution in [0.2, 0.25) is 0 Å². The van der Waals surface area contributed by atoms with Crippen molar-refractivity contribution in [3.8, 4) is 0 Å². The van der Waals surface area contributed by atoms with Crippen LogP contribution in [0.3, 0.4) is 0 Å². The van der Waals surface area contributed by atoms with Crippen LogP contribution in [0.25, 0.3) is 0 Å². The van der Waals surface area contributed by atoms with Crippen molar-refractivity contribution < 1.29 is 0 Å². The molecule has 2 fully saturated rings. The number of likely N-dealkylation sites (N-methyl/N-ethyl adjacent to an activating group) is 1. The van der Waals surface area contributed by atoms with Crippen LogP contribution < -0.4 is 5.73 Å². The van der Waals surface area contributed by atoms with Gasteiger partial charge in [0.05, 0.1) is 0 Å². The third-order valence-electron chi connectivity index (χ3n) is 4.80. The summed E-state index contributed by atoms with van der Waals surface area (Å²) in [7, 11) is 4.36. The molecule has 2 rings (SSSR count). The molecule has 0 aromatic rings. The highest BCUT2D eigenvalue weighted by Gasteiger charge is 2.40. The fourth-order valence-electron chi connectivity index (χ4n) is 3.65. The molecule has 0 aromatic carbocycles. The van der Waals surface area contributed by atoms with Crippen molar-refractivity contribution >= 4 is 0 Å². The van der Waals surface area contributed by atoms with Crippen molar-refractivity contribution in [2.24, 2.45) is 11.1 Å². The van der Waals surface area contributed by atoms with Gasteiger partial charge in [0, 0.05) is 25.2 Å². The zero-order valence-corrected chi connectivity index (χ0v) is 11.8. The quantitative estimate of drug-likeness (QED) is 0.807. The number of rotatable bonds is 4. The molecule has 3 atom stereocenters. The van der Waals surface area contributed by atoms with Crippen LogP contribution >= 0.6 is 0 Å². The molecule has 1 saturated heterocycles. The molecule has 0 bridgehead atoms. The molecule has 3 unspecified atom stereocenters. The molecule has 17 heavy (non-hydrogen) atoms. The highest BCUT2D eigenvalue weighted by molar-refractivity contribution is 4.95. The van der Waals surface area contributed by atoms with E-state index in [0.717, 1.165) is 6.04 Å². The molecule has 3 heteroatoms. The van der Waals surface area contributed by atoms with Crippen LogP contribution in [-0.4, -0.2) is 55.6 Å². The Morgan fingerprint density at radius 1 is 1.29 bits per heavy atom. The fourth-order valence-corrected chi connectivity index (χ4v) is 3.65. The summed E-state index contributed by atoms with van der Waals surface area (Å²) in [5, 5.41) is 0. The molecule has 2 N–H and O–H groups in total. The second-order valence-electron chi connectivity index (χ2n) is 6.68. The van der Waals surface area contributed by atoms with Crippen molar-refractivity contribution in [3.63, 3.8) is 0 Å². The summed E-state index contributed by atoms with van der Waals surface area (Å²) in [6.45, 7) is 6.09. The minimum absolute atomic E-state index is 0.370. The highest BCUT2D eigenvalue weighted by atomic mass is 15.2. The maximum absolute atomic E-state index is 6.30. The van der Waals surface area contributed by atoms with Crippen molar-refractivity contribution in [1.82, 2.24) is 9.80 Å². The summed E-state index contributed by atoms with van der Waals surface area (Å²) in [5.74, 6) is 0. The second kappa shape index (κ2) is 5.25. The van der Waals surface area contributed by atoms with E-state index in [0.29, 0.717) is 11.5 Å². The number of nitrogens with two attached hydrogens (primary N) is 1. The first-order valence-electron chi connectivity index (χ1n) is 7.16. The predicted molar refractivity (Wildman–Crippen MR) is 73.1 cm³/mol. The van der Waals surface area contributed by atoms with Crippen LogP contribution in [0.4, 0.5) is 0 Å².